The van der Waals surface area contributed by atoms with Gasteiger partial charge in [0.1, 0.15) is 5.75 Å². The van der Waals surface area contributed by atoms with Crippen molar-refractivity contribution >= 4 is 5.91 Å². The van der Waals surface area contributed by atoms with Crippen molar-refractivity contribution < 1.29 is 27.8 Å². The molecule has 7 heteroatoms. The van der Waals surface area contributed by atoms with E-state index in [-0.39, 0.29) is 12.1 Å². The number of hydrogen-bond donors (Lipinski definition) is 1. The Bertz CT molecular complexity index is 490. The first kappa shape index (κ1) is 14.6. The zero-order chi connectivity index (χ0) is 14.8. The average Bonchev–Trinajstić information content (AvgIpc) is 2.36. The highest BCUT2D eigenvalue weighted by Crippen LogP contribution is 2.24. The van der Waals surface area contributed by atoms with Crippen molar-refractivity contribution in [2.24, 2.45) is 0 Å². The molecule has 4 nitrogen and oxygen atoms in total. The molecule has 0 spiro atoms. The molecule has 20 heavy (non-hydrogen) atoms. The third-order valence-electron chi connectivity index (χ3n) is 3.00. The highest BCUT2D eigenvalue weighted by molar-refractivity contribution is 5.94. The fourth-order valence-corrected chi connectivity index (χ4v) is 2.15. The number of piperidine rings is 1. The van der Waals surface area contributed by atoms with Gasteiger partial charge in [-0.15, -0.1) is 13.2 Å². The zero-order valence-electron chi connectivity index (χ0n) is 10.6. The van der Waals surface area contributed by atoms with E-state index in [0.717, 1.165) is 12.1 Å². The molecule has 1 aromatic carbocycles. The summed E-state index contributed by atoms with van der Waals surface area (Å²) in [6.45, 7) is 0.684. The van der Waals surface area contributed by atoms with Gasteiger partial charge in [0.2, 0.25) is 0 Å². The summed E-state index contributed by atoms with van der Waals surface area (Å²) in [7, 11) is 0. The molecule has 1 N–H and O–H groups in total. The SMILES string of the molecule is O=C(c1cccc(OC(F)(F)F)c1)N1CCCC(O)C1. The molecular weight excluding hydrogens is 275 g/mol. The normalized spacial score (nSPS) is 19.8. The number of nitrogens with zero attached hydrogens (tertiary/aromatic N) is 1. The minimum absolute atomic E-state index is 0.112. The van der Waals surface area contributed by atoms with Crippen LogP contribution in [0.25, 0.3) is 0 Å². The van der Waals surface area contributed by atoms with Crippen molar-refractivity contribution in [3.63, 3.8) is 0 Å². The van der Waals surface area contributed by atoms with Crippen LogP contribution < -0.4 is 4.74 Å². The average molecular weight is 289 g/mol. The molecule has 2 rings (SSSR count). The van der Waals surface area contributed by atoms with Crippen molar-refractivity contribution in [2.45, 2.75) is 25.3 Å². The van der Waals surface area contributed by atoms with Crippen LogP contribution in [0.3, 0.4) is 0 Å². The summed E-state index contributed by atoms with van der Waals surface area (Å²) in [6.07, 6.45) is -4.07. The molecule has 1 aromatic rings. The molecule has 1 aliphatic rings. The summed E-state index contributed by atoms with van der Waals surface area (Å²) in [4.78, 5) is 13.6. The van der Waals surface area contributed by atoms with E-state index in [9.17, 15) is 23.1 Å². The topological polar surface area (TPSA) is 49.8 Å². The predicted octanol–water partition coefficient (Wildman–Crippen LogP) is 2.18. The lowest BCUT2D eigenvalue weighted by atomic mass is 10.1. The monoisotopic (exact) mass is 289 g/mol. The van der Waals surface area contributed by atoms with Gasteiger partial charge in [0.15, 0.2) is 0 Å². The number of β-amino-alcohol motifs (C(OH)–C–C–N with tert-alkyl or cyclic N) is 1. The minimum atomic E-state index is -4.79. The molecule has 110 valence electrons. The largest absolute Gasteiger partial charge is 0.573 e. The zero-order valence-corrected chi connectivity index (χ0v) is 10.6. The number of amides is 1. The van der Waals surface area contributed by atoms with Gasteiger partial charge in [0.25, 0.3) is 5.91 Å². The van der Waals surface area contributed by atoms with Crippen LogP contribution >= 0.6 is 0 Å². The first-order chi connectivity index (χ1) is 9.35. The van der Waals surface area contributed by atoms with E-state index in [4.69, 9.17) is 0 Å². The number of ether oxygens (including phenoxy) is 1. The minimum Gasteiger partial charge on any atom is -0.406 e. The number of carbonyl (C=O) groups excluding carboxylic acids is 1. The summed E-state index contributed by atoms with van der Waals surface area (Å²) in [5, 5.41) is 9.52. The van der Waals surface area contributed by atoms with E-state index in [1.54, 1.807) is 0 Å². The number of carbonyl (C=O) groups is 1. The molecule has 0 aliphatic carbocycles. The Labute approximate surface area is 113 Å². The Morgan fingerprint density at radius 1 is 1.40 bits per heavy atom. The van der Waals surface area contributed by atoms with Gasteiger partial charge in [-0.1, -0.05) is 6.07 Å². The Hall–Kier alpha value is -1.76. The van der Waals surface area contributed by atoms with Crippen molar-refractivity contribution in [2.75, 3.05) is 13.1 Å². The van der Waals surface area contributed by atoms with Crippen LogP contribution in [0.4, 0.5) is 13.2 Å². The van der Waals surface area contributed by atoms with E-state index in [0.29, 0.717) is 19.4 Å². The van der Waals surface area contributed by atoms with Gasteiger partial charge >= 0.3 is 6.36 Å². The van der Waals surface area contributed by atoms with Crippen LogP contribution in [0.15, 0.2) is 24.3 Å². The molecule has 0 radical (unpaired) electrons. The van der Waals surface area contributed by atoms with E-state index in [2.05, 4.69) is 4.74 Å². The van der Waals surface area contributed by atoms with E-state index >= 15 is 0 Å². The van der Waals surface area contributed by atoms with Crippen LogP contribution in [0, 0.1) is 0 Å². The number of rotatable bonds is 2. The second kappa shape index (κ2) is 5.70. The number of aliphatic hydroxyl groups excluding tert-OH is 1. The Balaban J connectivity index is 2.12. The molecule has 0 saturated carbocycles. The van der Waals surface area contributed by atoms with Gasteiger partial charge in [-0.05, 0) is 31.0 Å². The van der Waals surface area contributed by atoms with Crippen molar-refractivity contribution in [3.05, 3.63) is 29.8 Å². The van der Waals surface area contributed by atoms with Crippen molar-refractivity contribution in [1.82, 2.24) is 4.90 Å². The van der Waals surface area contributed by atoms with Crippen LogP contribution in [0.5, 0.6) is 5.75 Å². The Morgan fingerprint density at radius 2 is 2.15 bits per heavy atom. The van der Waals surface area contributed by atoms with Gasteiger partial charge in [0.05, 0.1) is 6.10 Å². The van der Waals surface area contributed by atoms with Crippen LogP contribution in [-0.2, 0) is 0 Å². The smallest absolute Gasteiger partial charge is 0.406 e. The number of halogens is 3. The maximum atomic E-state index is 12.1. The van der Waals surface area contributed by atoms with E-state index in [1.165, 1.54) is 17.0 Å². The summed E-state index contributed by atoms with van der Waals surface area (Å²) in [5.41, 5.74) is 0.112. The van der Waals surface area contributed by atoms with Gasteiger partial charge < -0.3 is 14.7 Å². The molecule has 1 atom stereocenters. The number of alkyl halides is 3. The highest BCUT2D eigenvalue weighted by Gasteiger charge is 2.31. The van der Waals surface area contributed by atoms with Gasteiger partial charge in [-0.3, -0.25) is 4.79 Å². The number of benzene rings is 1. The molecule has 1 saturated heterocycles. The second-order valence-corrected chi connectivity index (χ2v) is 4.62. The summed E-state index contributed by atoms with van der Waals surface area (Å²) in [5.74, 6) is -0.836. The molecule has 1 amide bonds. The molecular formula is C13H14F3NO3. The second-order valence-electron chi connectivity index (χ2n) is 4.62. The molecule has 1 heterocycles. The summed E-state index contributed by atoms with van der Waals surface area (Å²) >= 11 is 0. The molecule has 1 fully saturated rings. The molecule has 1 unspecified atom stereocenters. The third-order valence-corrected chi connectivity index (χ3v) is 3.00. The van der Waals surface area contributed by atoms with E-state index < -0.39 is 24.1 Å². The maximum Gasteiger partial charge on any atom is 0.573 e. The number of aliphatic hydroxyl groups is 1. The fraction of sp³-hybridized carbons (Fsp3) is 0.462. The van der Waals surface area contributed by atoms with Gasteiger partial charge in [-0.2, -0.15) is 0 Å². The molecule has 0 bridgehead atoms. The highest BCUT2D eigenvalue weighted by atomic mass is 19.4. The molecule has 0 aromatic heterocycles. The summed E-state index contributed by atoms with van der Waals surface area (Å²) < 4.78 is 40.2. The van der Waals surface area contributed by atoms with E-state index in [1.807, 2.05) is 0 Å². The van der Waals surface area contributed by atoms with Crippen molar-refractivity contribution in [3.8, 4) is 5.75 Å². The summed E-state index contributed by atoms with van der Waals surface area (Å²) in [6, 6.07) is 4.94. The van der Waals surface area contributed by atoms with Crippen molar-refractivity contribution in [1.29, 1.82) is 0 Å². The predicted molar refractivity (Wildman–Crippen MR) is 64.3 cm³/mol. The lowest BCUT2D eigenvalue weighted by Gasteiger charge is -2.30. The first-order valence-corrected chi connectivity index (χ1v) is 6.18. The Kier molecular flexibility index (Phi) is 4.17. The third kappa shape index (κ3) is 3.86. The number of hydrogen-bond acceptors (Lipinski definition) is 3. The lowest BCUT2D eigenvalue weighted by molar-refractivity contribution is -0.274. The molecule has 1 aliphatic heterocycles. The van der Waals surface area contributed by atoms with Gasteiger partial charge in [-0.25, -0.2) is 0 Å². The van der Waals surface area contributed by atoms with Crippen LogP contribution in [0.1, 0.15) is 23.2 Å². The standard InChI is InChI=1S/C13H14F3NO3/c14-13(15,16)20-11-5-1-3-9(7-11)12(19)17-6-2-4-10(18)8-17/h1,3,5,7,10,18H,2,4,6,8H2. The van der Waals surface area contributed by atoms with Gasteiger partial charge in [0, 0.05) is 18.7 Å². The lowest BCUT2D eigenvalue weighted by Crippen LogP contribution is -2.42. The Morgan fingerprint density at radius 3 is 2.80 bits per heavy atom. The van der Waals surface area contributed by atoms with Crippen LogP contribution in [-0.4, -0.2) is 41.5 Å². The number of likely N-dealkylation sites (tertiary alicyclic amines) is 1. The van der Waals surface area contributed by atoms with Crippen LogP contribution in [0.2, 0.25) is 0 Å². The first-order valence-electron chi connectivity index (χ1n) is 6.18. The maximum absolute atomic E-state index is 12.1. The quantitative estimate of drug-likeness (QED) is 0.908. The fourth-order valence-electron chi connectivity index (χ4n) is 2.15.